The number of pyridine rings is 1. The van der Waals surface area contributed by atoms with Gasteiger partial charge < -0.3 is 15.6 Å². The molecule has 0 bridgehead atoms. The lowest BCUT2D eigenvalue weighted by Gasteiger charge is -2.38. The number of aromatic nitrogens is 1. The van der Waals surface area contributed by atoms with Gasteiger partial charge in [-0.3, -0.25) is 5.01 Å². The molecule has 2 aromatic rings. The SMILES string of the molecule is CCCNc1cc(C2=CNN3C2=CN(c2ccc(C(F)(F)F)c(C)c2)C[C@@H]3C)ccn1. The average molecular weight is 429 g/mol. The molecule has 2 aliphatic rings. The van der Waals surface area contributed by atoms with Crippen molar-refractivity contribution in [2.45, 2.75) is 39.4 Å². The van der Waals surface area contributed by atoms with Crippen molar-refractivity contribution in [2.75, 3.05) is 23.3 Å². The smallest absolute Gasteiger partial charge is 0.370 e. The number of alkyl halides is 3. The lowest BCUT2D eigenvalue weighted by Crippen LogP contribution is -2.47. The minimum absolute atomic E-state index is 0.121. The Morgan fingerprint density at radius 2 is 2.03 bits per heavy atom. The molecule has 1 atom stereocenters. The molecule has 0 radical (unpaired) electrons. The highest BCUT2D eigenvalue weighted by atomic mass is 19.4. The van der Waals surface area contributed by atoms with Gasteiger partial charge in [-0.25, -0.2) is 4.98 Å². The van der Waals surface area contributed by atoms with Crippen LogP contribution in [0.5, 0.6) is 0 Å². The van der Waals surface area contributed by atoms with E-state index in [0.717, 1.165) is 41.3 Å². The molecule has 3 heterocycles. The summed E-state index contributed by atoms with van der Waals surface area (Å²) in [7, 11) is 0. The highest BCUT2D eigenvalue weighted by Gasteiger charge is 2.34. The second-order valence-electron chi connectivity index (χ2n) is 7.93. The summed E-state index contributed by atoms with van der Waals surface area (Å²) in [5.41, 5.74) is 6.70. The van der Waals surface area contributed by atoms with E-state index in [1.54, 1.807) is 18.3 Å². The van der Waals surface area contributed by atoms with Crippen molar-refractivity contribution in [3.8, 4) is 0 Å². The first kappa shape index (κ1) is 21.1. The summed E-state index contributed by atoms with van der Waals surface area (Å²) < 4.78 is 39.5. The predicted octanol–water partition coefficient (Wildman–Crippen LogP) is 5.14. The van der Waals surface area contributed by atoms with Crippen LogP contribution in [0.4, 0.5) is 24.7 Å². The third-order valence-corrected chi connectivity index (χ3v) is 5.54. The molecule has 0 aliphatic carbocycles. The van der Waals surface area contributed by atoms with E-state index in [4.69, 9.17) is 0 Å². The van der Waals surface area contributed by atoms with E-state index in [-0.39, 0.29) is 11.6 Å². The number of aryl methyl sites for hydroxylation is 1. The van der Waals surface area contributed by atoms with E-state index in [0.29, 0.717) is 6.54 Å². The lowest BCUT2D eigenvalue weighted by molar-refractivity contribution is -0.138. The molecule has 0 unspecified atom stereocenters. The molecule has 0 spiro atoms. The van der Waals surface area contributed by atoms with Gasteiger partial charge in [0.25, 0.3) is 0 Å². The van der Waals surface area contributed by atoms with Crippen LogP contribution in [0.1, 0.15) is 37.0 Å². The summed E-state index contributed by atoms with van der Waals surface area (Å²) >= 11 is 0. The van der Waals surface area contributed by atoms with Crippen molar-refractivity contribution in [1.29, 1.82) is 0 Å². The molecule has 0 saturated carbocycles. The van der Waals surface area contributed by atoms with Crippen LogP contribution in [0.15, 0.2) is 54.6 Å². The van der Waals surface area contributed by atoms with Crippen molar-refractivity contribution in [3.05, 3.63) is 71.3 Å². The van der Waals surface area contributed by atoms with Gasteiger partial charge in [-0.2, -0.15) is 13.2 Å². The van der Waals surface area contributed by atoms with Crippen LogP contribution < -0.4 is 15.6 Å². The zero-order chi connectivity index (χ0) is 22.2. The molecule has 0 saturated heterocycles. The number of nitrogens with zero attached hydrogens (tertiary/aromatic N) is 3. The van der Waals surface area contributed by atoms with Gasteiger partial charge in [-0.15, -0.1) is 0 Å². The number of hydrogen-bond acceptors (Lipinski definition) is 5. The van der Waals surface area contributed by atoms with E-state index in [9.17, 15) is 13.2 Å². The normalized spacial score (nSPS) is 18.3. The third-order valence-electron chi connectivity index (χ3n) is 5.54. The standard InChI is InChI=1S/C23H26F3N5/c1-4-8-27-22-11-17(7-9-28-22)19-12-29-31-16(3)13-30(14-21(19)31)18-5-6-20(15(2)10-18)23(24,25)26/h5-7,9-12,14,16,29H,4,8,13H2,1-3H3,(H,27,28)/t16-/m0/s1. The molecular formula is C23H26F3N5. The van der Waals surface area contributed by atoms with Crippen molar-refractivity contribution in [3.63, 3.8) is 0 Å². The van der Waals surface area contributed by atoms with E-state index >= 15 is 0 Å². The van der Waals surface area contributed by atoms with Crippen LogP contribution in [0.2, 0.25) is 0 Å². The number of fused-ring (bicyclic) bond motifs is 1. The molecule has 5 nitrogen and oxygen atoms in total. The molecular weight excluding hydrogens is 403 g/mol. The number of halogens is 3. The minimum atomic E-state index is -4.34. The Morgan fingerprint density at radius 3 is 2.74 bits per heavy atom. The first-order valence-electron chi connectivity index (χ1n) is 10.4. The van der Waals surface area contributed by atoms with Gasteiger partial charge >= 0.3 is 6.18 Å². The summed E-state index contributed by atoms with van der Waals surface area (Å²) in [5, 5.41) is 5.39. The van der Waals surface area contributed by atoms with Crippen LogP contribution >= 0.6 is 0 Å². The second kappa shape index (κ2) is 8.17. The summed E-state index contributed by atoms with van der Waals surface area (Å²) in [5.74, 6) is 0.818. The Kier molecular flexibility index (Phi) is 5.56. The van der Waals surface area contributed by atoms with Crippen molar-refractivity contribution < 1.29 is 13.2 Å². The molecule has 1 aromatic carbocycles. The molecule has 0 fully saturated rings. The number of hydrazine groups is 1. The van der Waals surface area contributed by atoms with Gasteiger partial charge in [0, 0.05) is 42.9 Å². The van der Waals surface area contributed by atoms with Gasteiger partial charge in [0.05, 0.1) is 17.3 Å². The van der Waals surface area contributed by atoms with Crippen LogP contribution in [-0.2, 0) is 6.18 Å². The lowest BCUT2D eigenvalue weighted by atomic mass is 10.0. The van der Waals surface area contributed by atoms with Crippen molar-refractivity contribution in [1.82, 2.24) is 15.4 Å². The first-order chi connectivity index (χ1) is 14.8. The first-order valence-corrected chi connectivity index (χ1v) is 10.4. The number of benzene rings is 1. The molecule has 8 heteroatoms. The highest BCUT2D eigenvalue weighted by Crippen LogP contribution is 2.37. The second-order valence-corrected chi connectivity index (χ2v) is 7.93. The number of allylic oxidation sites excluding steroid dienone is 1. The maximum absolute atomic E-state index is 13.2. The Bertz CT molecular complexity index is 1030. The predicted molar refractivity (Wildman–Crippen MR) is 117 cm³/mol. The van der Waals surface area contributed by atoms with Crippen LogP contribution in [-0.4, -0.2) is 29.1 Å². The Labute approximate surface area is 180 Å². The van der Waals surface area contributed by atoms with Gasteiger partial charge in [0.1, 0.15) is 5.82 Å². The van der Waals surface area contributed by atoms with Crippen molar-refractivity contribution >= 4 is 17.1 Å². The molecule has 4 rings (SSSR count). The maximum Gasteiger partial charge on any atom is 0.416 e. The Morgan fingerprint density at radius 1 is 1.23 bits per heavy atom. The number of hydrogen-bond donors (Lipinski definition) is 2. The number of anilines is 2. The zero-order valence-corrected chi connectivity index (χ0v) is 17.8. The number of nitrogens with one attached hydrogen (secondary N) is 2. The van der Waals surface area contributed by atoms with Gasteiger partial charge in [-0.05, 0) is 61.7 Å². The van der Waals surface area contributed by atoms with E-state index < -0.39 is 11.7 Å². The molecule has 2 N–H and O–H groups in total. The minimum Gasteiger partial charge on any atom is -0.370 e. The summed E-state index contributed by atoms with van der Waals surface area (Å²) in [4.78, 5) is 6.39. The van der Waals surface area contributed by atoms with Crippen molar-refractivity contribution in [2.24, 2.45) is 0 Å². The third kappa shape index (κ3) is 4.19. The number of rotatable bonds is 5. The highest BCUT2D eigenvalue weighted by molar-refractivity contribution is 5.82. The largest absolute Gasteiger partial charge is 0.416 e. The molecule has 31 heavy (non-hydrogen) atoms. The van der Waals surface area contributed by atoms with Gasteiger partial charge in [0.2, 0.25) is 0 Å². The summed E-state index contributed by atoms with van der Waals surface area (Å²) in [6.07, 6.45) is 2.40. The summed E-state index contributed by atoms with van der Waals surface area (Å²) in [6.45, 7) is 7.19. The maximum atomic E-state index is 13.2. The monoisotopic (exact) mass is 429 g/mol. The average Bonchev–Trinajstić information content (AvgIpc) is 3.16. The van der Waals surface area contributed by atoms with E-state index in [2.05, 4.69) is 34.6 Å². The van der Waals surface area contributed by atoms with Gasteiger partial charge in [0.15, 0.2) is 0 Å². The van der Waals surface area contributed by atoms with E-state index in [1.807, 2.05) is 29.4 Å². The topological polar surface area (TPSA) is 43.4 Å². The molecule has 2 aliphatic heterocycles. The fourth-order valence-corrected chi connectivity index (χ4v) is 3.97. The zero-order valence-electron chi connectivity index (χ0n) is 17.8. The summed E-state index contributed by atoms with van der Waals surface area (Å²) in [6, 6.07) is 8.41. The fraction of sp³-hybridized carbons (Fsp3) is 0.348. The fourth-order valence-electron chi connectivity index (χ4n) is 3.97. The van der Waals surface area contributed by atoms with Crippen LogP contribution in [0, 0.1) is 6.92 Å². The quantitative estimate of drug-likeness (QED) is 0.689. The van der Waals surface area contributed by atoms with Crippen LogP contribution in [0.3, 0.4) is 0 Å². The molecule has 0 amide bonds. The Hall–Kier alpha value is -3.16. The Balaban J connectivity index is 1.65. The van der Waals surface area contributed by atoms with E-state index in [1.165, 1.54) is 13.0 Å². The van der Waals surface area contributed by atoms with Crippen LogP contribution in [0.25, 0.3) is 5.57 Å². The molecule has 164 valence electrons. The molecule has 1 aromatic heterocycles. The van der Waals surface area contributed by atoms with Gasteiger partial charge in [-0.1, -0.05) is 6.92 Å².